The first kappa shape index (κ1) is 14.9. The molecule has 1 atom stereocenters. The Bertz CT molecular complexity index is 937. The van der Waals surface area contributed by atoms with Crippen LogP contribution in [0.5, 0.6) is 17.2 Å². The molecule has 1 aliphatic rings. The Hall–Kier alpha value is -2.67. The topological polar surface area (TPSA) is 70.5 Å². The molecule has 24 heavy (non-hydrogen) atoms. The number of ether oxygens (including phenoxy) is 3. The largest absolute Gasteiger partial charge is 0.497 e. The van der Waals surface area contributed by atoms with E-state index >= 15 is 0 Å². The van der Waals surface area contributed by atoms with Gasteiger partial charge >= 0.3 is 5.97 Å². The summed E-state index contributed by atoms with van der Waals surface area (Å²) in [6, 6.07) is 9.19. The van der Waals surface area contributed by atoms with Gasteiger partial charge in [0.05, 0.1) is 32.4 Å². The highest BCUT2D eigenvalue weighted by Gasteiger charge is 2.33. The van der Waals surface area contributed by atoms with Gasteiger partial charge in [0.15, 0.2) is 0 Å². The second-order valence-electron chi connectivity index (χ2n) is 5.45. The molecule has 0 unspecified atom stereocenters. The maximum Gasteiger partial charge on any atom is 0.312 e. The summed E-state index contributed by atoms with van der Waals surface area (Å²) in [5.41, 5.74) is 3.35. The average molecular weight is 342 g/mol. The van der Waals surface area contributed by atoms with E-state index in [4.69, 9.17) is 14.2 Å². The first-order valence-corrected chi connectivity index (χ1v) is 8.12. The van der Waals surface area contributed by atoms with E-state index in [1.165, 1.54) is 0 Å². The van der Waals surface area contributed by atoms with Gasteiger partial charge in [-0.1, -0.05) is 6.07 Å². The SMILES string of the molecule is COc1ccc([C@@H]2CC(=O)Oc3ccc4nsnc4c32)c(OC)c1. The highest BCUT2D eigenvalue weighted by Crippen LogP contribution is 2.45. The van der Waals surface area contributed by atoms with E-state index < -0.39 is 0 Å². The number of rotatable bonds is 3. The number of carbonyl (C=O) groups excluding carboxylic acids is 1. The molecule has 0 bridgehead atoms. The van der Waals surface area contributed by atoms with E-state index in [0.29, 0.717) is 17.2 Å². The minimum atomic E-state index is -0.270. The number of nitrogens with zero attached hydrogens (tertiary/aromatic N) is 2. The van der Waals surface area contributed by atoms with Gasteiger partial charge in [0.1, 0.15) is 28.3 Å². The number of fused-ring (bicyclic) bond motifs is 3. The Balaban J connectivity index is 1.94. The van der Waals surface area contributed by atoms with Gasteiger partial charge < -0.3 is 14.2 Å². The average Bonchev–Trinajstić information content (AvgIpc) is 3.09. The molecular weight excluding hydrogens is 328 g/mol. The molecule has 1 aromatic heterocycles. The predicted octanol–water partition coefficient (Wildman–Crippen LogP) is 3.15. The van der Waals surface area contributed by atoms with E-state index in [1.807, 2.05) is 24.3 Å². The van der Waals surface area contributed by atoms with Crippen molar-refractivity contribution in [1.82, 2.24) is 8.75 Å². The zero-order valence-corrected chi connectivity index (χ0v) is 13.9. The molecule has 0 amide bonds. The van der Waals surface area contributed by atoms with Crippen molar-refractivity contribution in [3.8, 4) is 17.2 Å². The number of aromatic nitrogens is 2. The van der Waals surface area contributed by atoms with Crippen molar-refractivity contribution < 1.29 is 19.0 Å². The van der Waals surface area contributed by atoms with Crippen molar-refractivity contribution in [3.05, 3.63) is 41.5 Å². The molecule has 0 saturated carbocycles. The quantitative estimate of drug-likeness (QED) is 0.538. The van der Waals surface area contributed by atoms with Gasteiger partial charge in [-0.3, -0.25) is 4.79 Å². The summed E-state index contributed by atoms with van der Waals surface area (Å²) >= 11 is 1.15. The molecule has 0 N–H and O–H groups in total. The Morgan fingerprint density at radius 3 is 2.83 bits per heavy atom. The van der Waals surface area contributed by atoms with Crippen molar-refractivity contribution in [1.29, 1.82) is 0 Å². The number of hydrogen-bond acceptors (Lipinski definition) is 7. The summed E-state index contributed by atoms with van der Waals surface area (Å²) in [6.45, 7) is 0. The summed E-state index contributed by atoms with van der Waals surface area (Å²) in [5.74, 6) is 1.43. The number of methoxy groups -OCH3 is 2. The van der Waals surface area contributed by atoms with Gasteiger partial charge in [0, 0.05) is 23.1 Å². The smallest absolute Gasteiger partial charge is 0.312 e. The highest BCUT2D eigenvalue weighted by molar-refractivity contribution is 7.00. The molecule has 7 heteroatoms. The van der Waals surface area contributed by atoms with Crippen LogP contribution in [0.4, 0.5) is 0 Å². The van der Waals surface area contributed by atoms with Gasteiger partial charge in [-0.15, -0.1) is 0 Å². The molecule has 0 fully saturated rings. The van der Waals surface area contributed by atoms with Crippen molar-refractivity contribution in [2.75, 3.05) is 14.2 Å². The fourth-order valence-electron chi connectivity index (χ4n) is 3.08. The van der Waals surface area contributed by atoms with Crippen LogP contribution in [0.1, 0.15) is 23.5 Å². The number of benzene rings is 2. The lowest BCUT2D eigenvalue weighted by molar-refractivity contribution is -0.135. The minimum absolute atomic E-state index is 0.199. The summed E-state index contributed by atoms with van der Waals surface area (Å²) in [4.78, 5) is 12.1. The van der Waals surface area contributed by atoms with E-state index in [0.717, 1.165) is 33.9 Å². The molecule has 0 spiro atoms. The molecule has 0 saturated heterocycles. The number of carbonyl (C=O) groups is 1. The van der Waals surface area contributed by atoms with Crippen LogP contribution in [-0.2, 0) is 4.79 Å². The van der Waals surface area contributed by atoms with Gasteiger partial charge in [0.25, 0.3) is 0 Å². The van der Waals surface area contributed by atoms with E-state index in [1.54, 1.807) is 20.3 Å². The second kappa shape index (κ2) is 5.76. The van der Waals surface area contributed by atoms with Gasteiger partial charge in [-0.05, 0) is 18.2 Å². The van der Waals surface area contributed by atoms with Crippen LogP contribution < -0.4 is 14.2 Å². The van der Waals surface area contributed by atoms with Crippen LogP contribution in [0.25, 0.3) is 11.0 Å². The molecule has 122 valence electrons. The van der Waals surface area contributed by atoms with Crippen molar-refractivity contribution in [3.63, 3.8) is 0 Å². The first-order valence-electron chi connectivity index (χ1n) is 7.39. The summed E-state index contributed by atoms with van der Waals surface area (Å²) in [7, 11) is 3.21. The van der Waals surface area contributed by atoms with Gasteiger partial charge in [-0.2, -0.15) is 8.75 Å². The number of hydrogen-bond donors (Lipinski definition) is 0. The van der Waals surface area contributed by atoms with E-state index in [-0.39, 0.29) is 18.3 Å². The standard InChI is InChI=1S/C17H14N2O4S/c1-21-9-3-4-10(14(7-9)22-2)11-8-15(20)23-13-6-5-12-17(16(11)13)19-24-18-12/h3-7,11H,8H2,1-2H3/t11-/m0/s1. The first-order chi connectivity index (χ1) is 11.7. The second-order valence-corrected chi connectivity index (χ2v) is 5.98. The monoisotopic (exact) mass is 342 g/mol. The Labute approximate surface area is 142 Å². The summed E-state index contributed by atoms with van der Waals surface area (Å²) in [5, 5.41) is 0. The zero-order chi connectivity index (χ0) is 16.7. The molecule has 0 aliphatic carbocycles. The normalized spacial score (nSPS) is 16.6. The summed E-state index contributed by atoms with van der Waals surface area (Å²) in [6.07, 6.45) is 0.229. The lowest BCUT2D eigenvalue weighted by atomic mass is 9.85. The van der Waals surface area contributed by atoms with Crippen molar-refractivity contribution in [2.24, 2.45) is 0 Å². The lowest BCUT2D eigenvalue weighted by Crippen LogP contribution is -2.21. The molecular formula is C17H14N2O4S. The van der Waals surface area contributed by atoms with E-state index in [9.17, 15) is 4.79 Å². The fourth-order valence-corrected chi connectivity index (χ4v) is 3.63. The van der Waals surface area contributed by atoms with Gasteiger partial charge in [0.2, 0.25) is 0 Å². The van der Waals surface area contributed by atoms with Crippen LogP contribution in [-0.4, -0.2) is 28.9 Å². The highest BCUT2D eigenvalue weighted by atomic mass is 32.1. The molecule has 1 aliphatic heterocycles. The Kier molecular flexibility index (Phi) is 3.57. The molecule has 6 nitrogen and oxygen atoms in total. The molecule has 3 aromatic rings. The van der Waals surface area contributed by atoms with Crippen molar-refractivity contribution in [2.45, 2.75) is 12.3 Å². The third kappa shape index (κ3) is 2.28. The Morgan fingerprint density at radius 2 is 2.04 bits per heavy atom. The minimum Gasteiger partial charge on any atom is -0.497 e. The van der Waals surface area contributed by atoms with Crippen LogP contribution in [0.2, 0.25) is 0 Å². The van der Waals surface area contributed by atoms with Crippen LogP contribution in [0.3, 0.4) is 0 Å². The van der Waals surface area contributed by atoms with Gasteiger partial charge in [-0.25, -0.2) is 0 Å². The van der Waals surface area contributed by atoms with E-state index in [2.05, 4.69) is 8.75 Å². The lowest BCUT2D eigenvalue weighted by Gasteiger charge is -2.26. The summed E-state index contributed by atoms with van der Waals surface area (Å²) < 4.78 is 24.9. The molecule has 2 heterocycles. The molecule has 0 radical (unpaired) electrons. The predicted molar refractivity (Wildman–Crippen MR) is 89.1 cm³/mol. The maximum absolute atomic E-state index is 12.1. The number of esters is 1. The Morgan fingerprint density at radius 1 is 1.17 bits per heavy atom. The van der Waals surface area contributed by atoms with Crippen LogP contribution in [0.15, 0.2) is 30.3 Å². The van der Waals surface area contributed by atoms with Crippen molar-refractivity contribution >= 4 is 28.7 Å². The zero-order valence-electron chi connectivity index (χ0n) is 13.1. The maximum atomic E-state index is 12.1. The van der Waals surface area contributed by atoms with Crippen LogP contribution in [0, 0.1) is 0 Å². The third-order valence-corrected chi connectivity index (χ3v) is 4.73. The van der Waals surface area contributed by atoms with Crippen LogP contribution >= 0.6 is 11.7 Å². The third-order valence-electron chi connectivity index (χ3n) is 4.19. The fraction of sp³-hybridized carbons (Fsp3) is 0.235. The molecule has 4 rings (SSSR count). The molecule has 2 aromatic carbocycles.